The fourth-order valence-electron chi connectivity index (χ4n) is 4.95. The number of benzene rings is 1. The predicted molar refractivity (Wildman–Crippen MR) is 138 cm³/mol. The number of nitrogens with zero attached hydrogens (tertiary/aromatic N) is 2. The number of hydrogen-bond donors (Lipinski definition) is 3. The van der Waals surface area contributed by atoms with Crippen molar-refractivity contribution >= 4 is 41.4 Å². The van der Waals surface area contributed by atoms with Crippen LogP contribution >= 0.6 is 11.8 Å². The molecule has 3 heterocycles. The van der Waals surface area contributed by atoms with Gasteiger partial charge in [-0.15, -0.1) is 11.8 Å². The van der Waals surface area contributed by atoms with E-state index in [9.17, 15) is 29.4 Å². The van der Waals surface area contributed by atoms with Crippen LogP contribution in [0.3, 0.4) is 0 Å². The fraction of sp³-hybridized carbons (Fsp3) is 0.423. The van der Waals surface area contributed by atoms with Crippen molar-refractivity contribution in [2.45, 2.75) is 62.9 Å². The van der Waals surface area contributed by atoms with Gasteiger partial charge in [0, 0.05) is 10.4 Å². The molecule has 13 heteroatoms. The molecule has 2 aliphatic rings. The monoisotopic (exact) mass is 564 g/mol. The number of aliphatic carboxylic acids is 1. The van der Waals surface area contributed by atoms with E-state index in [2.05, 4.69) is 15.3 Å². The minimum atomic E-state index is -1.21. The number of esters is 1. The summed E-state index contributed by atoms with van der Waals surface area (Å²) in [6.07, 6.45) is 0. The second-order valence-corrected chi connectivity index (χ2v) is 11.4. The van der Waals surface area contributed by atoms with E-state index in [1.54, 1.807) is 65.0 Å². The number of nitrogens with one attached hydrogen (secondary N) is 2. The van der Waals surface area contributed by atoms with Crippen LogP contribution < -0.4 is 40.0 Å². The number of aliphatic imine (C=N–C) groups is 1. The molecular weight excluding hydrogens is 535 g/mol. The Labute approximate surface area is 252 Å². The summed E-state index contributed by atoms with van der Waals surface area (Å²) in [5.41, 5.74) is 1.63. The molecule has 2 aliphatic heterocycles. The normalized spacial score (nSPS) is 22.3. The number of carboxylic acids is 1. The summed E-state index contributed by atoms with van der Waals surface area (Å²) in [5.74, 6) is -3.60. The SMILES string of the molecule is CCOC(=O)c1c(C)[nH]c(C(=O)NC(C([O-])=N[C@@H]2C(=O)N3[C@@H]2SC(C)(C)[C@@H]3C(=O)O)c2ccccc2)c1C.[Na+]. The summed E-state index contributed by atoms with van der Waals surface area (Å²) in [6, 6.07) is 5.17. The summed E-state index contributed by atoms with van der Waals surface area (Å²) in [6.45, 7) is 8.58. The molecule has 2 saturated heterocycles. The molecule has 39 heavy (non-hydrogen) atoms. The van der Waals surface area contributed by atoms with Gasteiger partial charge in [0.15, 0.2) is 6.04 Å². The number of aromatic nitrogens is 1. The molecule has 2 amide bonds. The second-order valence-electron chi connectivity index (χ2n) is 9.67. The molecule has 2 fully saturated rings. The number of thioether (sulfide) groups is 1. The van der Waals surface area contributed by atoms with Crippen LogP contribution in [0.2, 0.25) is 0 Å². The maximum atomic E-state index is 13.4. The van der Waals surface area contributed by atoms with Crippen LogP contribution in [0.1, 0.15) is 64.5 Å². The van der Waals surface area contributed by atoms with Gasteiger partial charge < -0.3 is 30.2 Å². The number of carbonyl (C=O) groups excluding carboxylic acids is 3. The standard InChI is InChI=1S/C26H30N4O7S.Na/c1-6-37-25(36)15-12(2)16(27-13(15)3)20(31)28-17(14-10-8-7-9-11-14)21(32)29-18-22(33)30-19(24(34)35)26(4,5)38-23(18)30;/h7-11,17-19,23,27H,6H2,1-5H3,(H,28,31)(H,29,32)(H,34,35);/q;+1/p-1/t17?,18-,19+,23-;/m1./s1. The summed E-state index contributed by atoms with van der Waals surface area (Å²) >= 11 is 1.28. The van der Waals surface area contributed by atoms with E-state index in [0.29, 0.717) is 16.8 Å². The zero-order valence-corrected chi connectivity index (χ0v) is 25.4. The molecule has 1 unspecified atom stereocenters. The van der Waals surface area contributed by atoms with Crippen molar-refractivity contribution in [3.63, 3.8) is 0 Å². The van der Waals surface area contributed by atoms with E-state index in [0.717, 1.165) is 0 Å². The van der Waals surface area contributed by atoms with Crippen molar-refractivity contribution in [2.75, 3.05) is 6.61 Å². The number of H-pyrrole nitrogens is 1. The van der Waals surface area contributed by atoms with E-state index >= 15 is 0 Å². The molecule has 0 aliphatic carbocycles. The third kappa shape index (κ3) is 5.60. The second kappa shape index (κ2) is 11.7. The Bertz CT molecular complexity index is 1330. The molecule has 1 aromatic heterocycles. The van der Waals surface area contributed by atoms with Crippen molar-refractivity contribution < 1.29 is 63.7 Å². The summed E-state index contributed by atoms with van der Waals surface area (Å²) < 4.78 is 4.32. The predicted octanol–water partition coefficient (Wildman–Crippen LogP) is -1.44. The van der Waals surface area contributed by atoms with E-state index in [4.69, 9.17) is 4.74 Å². The van der Waals surface area contributed by atoms with Crippen molar-refractivity contribution in [3.05, 3.63) is 58.4 Å². The van der Waals surface area contributed by atoms with Crippen LogP contribution in [0, 0.1) is 13.8 Å². The number of carboxylic acid groups (broad SMARTS) is 1. The van der Waals surface area contributed by atoms with E-state index in [1.165, 1.54) is 16.7 Å². The van der Waals surface area contributed by atoms with Crippen LogP contribution in [-0.2, 0) is 14.3 Å². The fourth-order valence-corrected chi connectivity index (χ4v) is 6.56. The Morgan fingerprint density at radius 1 is 1.26 bits per heavy atom. The van der Waals surface area contributed by atoms with Gasteiger partial charge in [0.1, 0.15) is 17.1 Å². The van der Waals surface area contributed by atoms with Gasteiger partial charge in [-0.05, 0) is 51.6 Å². The van der Waals surface area contributed by atoms with Gasteiger partial charge in [0.05, 0.1) is 18.2 Å². The number of rotatable bonds is 8. The molecule has 202 valence electrons. The first kappa shape index (κ1) is 30.7. The van der Waals surface area contributed by atoms with Crippen molar-refractivity contribution in [2.24, 2.45) is 4.99 Å². The zero-order chi connectivity index (χ0) is 27.9. The van der Waals surface area contributed by atoms with Crippen LogP contribution in [0.4, 0.5) is 0 Å². The first-order chi connectivity index (χ1) is 17.9. The Morgan fingerprint density at radius 2 is 1.90 bits per heavy atom. The first-order valence-electron chi connectivity index (χ1n) is 12.1. The van der Waals surface area contributed by atoms with Gasteiger partial charge in [-0.2, -0.15) is 0 Å². The smallest absolute Gasteiger partial charge is 0.860 e. The van der Waals surface area contributed by atoms with E-state index < -0.39 is 57.9 Å². The van der Waals surface area contributed by atoms with Crippen molar-refractivity contribution in [1.82, 2.24) is 15.2 Å². The third-order valence-corrected chi connectivity index (χ3v) is 8.27. The number of fused-ring (bicyclic) bond motifs is 1. The molecule has 0 bridgehead atoms. The van der Waals surface area contributed by atoms with Gasteiger partial charge in [-0.1, -0.05) is 30.3 Å². The number of aryl methyl sites for hydroxylation is 1. The number of ether oxygens (including phenoxy) is 1. The number of carbonyl (C=O) groups is 4. The number of hydrogen-bond acceptors (Lipinski definition) is 8. The summed E-state index contributed by atoms with van der Waals surface area (Å²) in [4.78, 5) is 58.6. The average Bonchev–Trinajstić information content (AvgIpc) is 3.30. The maximum Gasteiger partial charge on any atom is 1.00 e. The Morgan fingerprint density at radius 3 is 2.49 bits per heavy atom. The molecular formula is C26H29N4NaO7S. The third-order valence-electron chi connectivity index (χ3n) is 6.71. The Hall–Kier alpha value is -2.80. The Kier molecular flexibility index (Phi) is 9.26. The minimum Gasteiger partial charge on any atom is -0.860 e. The average molecular weight is 565 g/mol. The summed E-state index contributed by atoms with van der Waals surface area (Å²) in [5, 5.41) is 25.1. The molecule has 4 rings (SSSR count). The molecule has 11 nitrogen and oxygen atoms in total. The zero-order valence-electron chi connectivity index (χ0n) is 22.6. The molecule has 2 aromatic rings. The van der Waals surface area contributed by atoms with Crippen molar-refractivity contribution in [3.8, 4) is 0 Å². The van der Waals surface area contributed by atoms with Gasteiger partial charge in [0.2, 0.25) is 0 Å². The molecule has 0 radical (unpaired) electrons. The topological polar surface area (TPSA) is 164 Å². The molecule has 1 aromatic carbocycles. The van der Waals surface area contributed by atoms with E-state index in [-0.39, 0.29) is 47.4 Å². The molecule has 3 N–H and O–H groups in total. The minimum absolute atomic E-state index is 0. The summed E-state index contributed by atoms with van der Waals surface area (Å²) in [7, 11) is 0. The van der Waals surface area contributed by atoms with Crippen LogP contribution in [0.5, 0.6) is 0 Å². The van der Waals surface area contributed by atoms with Gasteiger partial charge in [-0.3, -0.25) is 14.6 Å². The number of aromatic amines is 1. The Balaban J connectivity index is 0.00000420. The van der Waals surface area contributed by atoms with Gasteiger partial charge >= 0.3 is 41.5 Å². The molecule has 0 spiro atoms. The van der Waals surface area contributed by atoms with Crippen LogP contribution in [0.25, 0.3) is 0 Å². The van der Waals surface area contributed by atoms with Crippen LogP contribution in [-0.4, -0.2) is 73.5 Å². The maximum absolute atomic E-state index is 13.4. The van der Waals surface area contributed by atoms with Gasteiger partial charge in [0.25, 0.3) is 11.8 Å². The van der Waals surface area contributed by atoms with Crippen molar-refractivity contribution in [1.29, 1.82) is 0 Å². The molecule has 4 atom stereocenters. The van der Waals surface area contributed by atoms with Crippen LogP contribution in [0.15, 0.2) is 35.3 Å². The quantitative estimate of drug-likeness (QED) is 0.115. The number of β-lactam (4-membered cyclic amide) rings is 1. The first-order valence-corrected chi connectivity index (χ1v) is 13.0. The largest absolute Gasteiger partial charge is 1.00 e. The number of amides is 2. The molecule has 0 saturated carbocycles. The van der Waals surface area contributed by atoms with Gasteiger partial charge in [-0.25, -0.2) is 9.59 Å². The van der Waals surface area contributed by atoms with E-state index in [1.807, 2.05) is 0 Å².